The van der Waals surface area contributed by atoms with E-state index in [4.69, 9.17) is 0 Å². The Hall–Kier alpha value is -1.81. The summed E-state index contributed by atoms with van der Waals surface area (Å²) in [7, 11) is 0. The van der Waals surface area contributed by atoms with Crippen LogP contribution >= 0.6 is 15.9 Å². The van der Waals surface area contributed by atoms with Crippen molar-refractivity contribution in [3.8, 4) is 0 Å². The number of hydrogen-bond donors (Lipinski definition) is 2. The second-order valence-corrected chi connectivity index (χ2v) is 6.14. The Morgan fingerprint density at radius 3 is 2.68 bits per heavy atom. The molecule has 0 saturated heterocycles. The molecule has 0 aliphatic carbocycles. The number of urea groups is 1. The van der Waals surface area contributed by atoms with Crippen LogP contribution in [-0.2, 0) is 12.8 Å². The van der Waals surface area contributed by atoms with E-state index in [1.165, 1.54) is 5.56 Å². The molecule has 0 unspecified atom stereocenters. The second-order valence-electron chi connectivity index (χ2n) is 5.22. The molecule has 0 spiro atoms. The number of benzene rings is 2. The first kappa shape index (κ1) is 16.6. The first-order chi connectivity index (χ1) is 10.6. The van der Waals surface area contributed by atoms with Gasteiger partial charge in [0.25, 0.3) is 0 Å². The summed E-state index contributed by atoms with van der Waals surface area (Å²) in [4.78, 5) is 12.1. The van der Waals surface area contributed by atoms with Gasteiger partial charge < -0.3 is 10.6 Å². The van der Waals surface area contributed by atoms with Crippen LogP contribution in [0.5, 0.6) is 0 Å². The fraction of sp³-hybridized carbons (Fsp3) is 0.278. The average molecular weight is 361 g/mol. The van der Waals surface area contributed by atoms with Gasteiger partial charge in [0.2, 0.25) is 0 Å². The van der Waals surface area contributed by atoms with Gasteiger partial charge in [-0.2, -0.15) is 0 Å². The van der Waals surface area contributed by atoms with Crippen LogP contribution in [-0.4, -0.2) is 12.6 Å². The van der Waals surface area contributed by atoms with Crippen molar-refractivity contribution in [2.24, 2.45) is 0 Å². The van der Waals surface area contributed by atoms with Crippen molar-refractivity contribution in [2.45, 2.75) is 26.7 Å². The second kappa shape index (κ2) is 7.99. The molecule has 0 aliphatic rings. The lowest BCUT2D eigenvalue weighted by molar-refractivity contribution is 0.252. The number of carbonyl (C=O) groups is 1. The molecule has 0 heterocycles. The van der Waals surface area contributed by atoms with E-state index in [9.17, 15) is 4.79 Å². The molecule has 0 radical (unpaired) electrons. The third kappa shape index (κ3) is 4.60. The summed E-state index contributed by atoms with van der Waals surface area (Å²) < 4.78 is 1.06. The van der Waals surface area contributed by atoms with Crippen LogP contribution in [0.2, 0.25) is 0 Å². The number of nitrogens with one attached hydrogen (secondary N) is 2. The van der Waals surface area contributed by atoms with E-state index in [2.05, 4.69) is 45.6 Å². The standard InChI is InChI=1S/C18H21BrN2O/c1-3-15-8-4-6-13(2)17(15)21-18(22)20-11-10-14-7-5-9-16(19)12-14/h4-9,12H,3,10-11H2,1-2H3,(H2,20,21,22). The molecule has 0 aliphatic heterocycles. The fourth-order valence-corrected chi connectivity index (χ4v) is 2.82. The Morgan fingerprint density at radius 2 is 1.95 bits per heavy atom. The van der Waals surface area contributed by atoms with E-state index in [1.807, 2.05) is 37.3 Å². The first-order valence-corrected chi connectivity index (χ1v) is 8.27. The third-order valence-electron chi connectivity index (χ3n) is 3.57. The van der Waals surface area contributed by atoms with Crippen LogP contribution in [0.1, 0.15) is 23.6 Å². The third-order valence-corrected chi connectivity index (χ3v) is 4.06. The lowest BCUT2D eigenvalue weighted by atomic mass is 10.1. The number of anilines is 1. The van der Waals surface area contributed by atoms with E-state index in [0.717, 1.165) is 34.1 Å². The zero-order chi connectivity index (χ0) is 15.9. The maximum atomic E-state index is 12.1. The van der Waals surface area contributed by atoms with Crippen molar-refractivity contribution < 1.29 is 4.79 Å². The summed E-state index contributed by atoms with van der Waals surface area (Å²) in [6, 6.07) is 14.0. The van der Waals surface area contributed by atoms with Gasteiger partial charge in [0.15, 0.2) is 0 Å². The summed E-state index contributed by atoms with van der Waals surface area (Å²) in [5.74, 6) is 0. The normalized spacial score (nSPS) is 10.3. The molecule has 22 heavy (non-hydrogen) atoms. The number of para-hydroxylation sites is 1. The molecule has 4 heteroatoms. The van der Waals surface area contributed by atoms with Crippen LogP contribution in [0.25, 0.3) is 0 Å². The van der Waals surface area contributed by atoms with Gasteiger partial charge in [-0.1, -0.05) is 53.2 Å². The minimum Gasteiger partial charge on any atom is -0.338 e. The summed E-state index contributed by atoms with van der Waals surface area (Å²) in [5.41, 5.74) is 4.35. The molecule has 3 nitrogen and oxygen atoms in total. The zero-order valence-corrected chi connectivity index (χ0v) is 14.5. The maximum absolute atomic E-state index is 12.1. The molecule has 2 N–H and O–H groups in total. The zero-order valence-electron chi connectivity index (χ0n) is 12.9. The smallest absolute Gasteiger partial charge is 0.319 e. The monoisotopic (exact) mass is 360 g/mol. The van der Waals surface area contributed by atoms with Gasteiger partial charge in [-0.3, -0.25) is 0 Å². The van der Waals surface area contributed by atoms with E-state index in [-0.39, 0.29) is 6.03 Å². The summed E-state index contributed by atoms with van der Waals surface area (Å²) >= 11 is 3.45. The molecule has 0 atom stereocenters. The number of amides is 2. The van der Waals surface area contributed by atoms with Gasteiger partial charge >= 0.3 is 6.03 Å². The molecule has 2 aromatic rings. The highest BCUT2D eigenvalue weighted by atomic mass is 79.9. The van der Waals surface area contributed by atoms with Gasteiger partial charge in [0, 0.05) is 16.7 Å². The Kier molecular flexibility index (Phi) is 6.01. The number of aryl methyl sites for hydroxylation is 2. The Morgan fingerprint density at radius 1 is 1.18 bits per heavy atom. The van der Waals surface area contributed by atoms with Gasteiger partial charge in [-0.15, -0.1) is 0 Å². The largest absolute Gasteiger partial charge is 0.338 e. The lowest BCUT2D eigenvalue weighted by Gasteiger charge is -2.13. The van der Waals surface area contributed by atoms with E-state index >= 15 is 0 Å². The predicted molar refractivity (Wildman–Crippen MR) is 95.4 cm³/mol. The van der Waals surface area contributed by atoms with E-state index in [0.29, 0.717) is 6.54 Å². The molecule has 2 aromatic carbocycles. The van der Waals surface area contributed by atoms with E-state index in [1.54, 1.807) is 0 Å². The van der Waals surface area contributed by atoms with Gasteiger partial charge in [-0.05, 0) is 48.6 Å². The molecular formula is C18H21BrN2O. The summed E-state index contributed by atoms with van der Waals surface area (Å²) in [5, 5.41) is 5.88. The van der Waals surface area contributed by atoms with E-state index < -0.39 is 0 Å². The van der Waals surface area contributed by atoms with Gasteiger partial charge in [-0.25, -0.2) is 4.79 Å². The minimum atomic E-state index is -0.154. The van der Waals surface area contributed by atoms with Crippen molar-refractivity contribution in [2.75, 3.05) is 11.9 Å². The van der Waals surface area contributed by atoms with Gasteiger partial charge in [0.05, 0.1) is 0 Å². The fourth-order valence-electron chi connectivity index (χ4n) is 2.37. The SMILES string of the molecule is CCc1cccc(C)c1NC(=O)NCCc1cccc(Br)c1. The molecule has 2 amide bonds. The van der Waals surface area contributed by atoms with Crippen molar-refractivity contribution >= 4 is 27.6 Å². The molecule has 0 bridgehead atoms. The maximum Gasteiger partial charge on any atom is 0.319 e. The highest BCUT2D eigenvalue weighted by Crippen LogP contribution is 2.20. The van der Waals surface area contributed by atoms with Crippen LogP contribution in [0.15, 0.2) is 46.9 Å². The highest BCUT2D eigenvalue weighted by molar-refractivity contribution is 9.10. The van der Waals surface area contributed by atoms with Gasteiger partial charge in [0.1, 0.15) is 0 Å². The van der Waals surface area contributed by atoms with Crippen LogP contribution < -0.4 is 10.6 Å². The van der Waals surface area contributed by atoms with Crippen molar-refractivity contribution in [3.63, 3.8) is 0 Å². The van der Waals surface area contributed by atoms with Crippen molar-refractivity contribution in [1.82, 2.24) is 5.32 Å². The van der Waals surface area contributed by atoms with Crippen molar-refractivity contribution in [1.29, 1.82) is 0 Å². The van der Waals surface area contributed by atoms with Crippen molar-refractivity contribution in [3.05, 3.63) is 63.6 Å². The minimum absolute atomic E-state index is 0.154. The van der Waals surface area contributed by atoms with Crippen LogP contribution in [0, 0.1) is 6.92 Å². The summed E-state index contributed by atoms with van der Waals surface area (Å²) in [6.45, 7) is 4.71. The molecule has 2 rings (SSSR count). The van der Waals surface area contributed by atoms with Crippen LogP contribution in [0.4, 0.5) is 10.5 Å². The Bertz CT molecular complexity index is 655. The molecule has 0 saturated carbocycles. The first-order valence-electron chi connectivity index (χ1n) is 7.48. The number of rotatable bonds is 5. The molecular weight excluding hydrogens is 340 g/mol. The van der Waals surface area contributed by atoms with Crippen LogP contribution in [0.3, 0.4) is 0 Å². The predicted octanol–water partition coefficient (Wildman–Crippen LogP) is 4.68. The summed E-state index contributed by atoms with van der Waals surface area (Å²) in [6.07, 6.45) is 1.70. The molecule has 0 fully saturated rings. The number of hydrogen-bond acceptors (Lipinski definition) is 1. The highest BCUT2D eigenvalue weighted by Gasteiger charge is 2.07. The lowest BCUT2D eigenvalue weighted by Crippen LogP contribution is -2.31. The topological polar surface area (TPSA) is 41.1 Å². The Balaban J connectivity index is 1.89. The molecule has 116 valence electrons. The number of carbonyl (C=O) groups excluding carboxylic acids is 1. The Labute approximate surface area is 140 Å². The quantitative estimate of drug-likeness (QED) is 0.797. The average Bonchev–Trinajstić information content (AvgIpc) is 2.49. The number of halogens is 1. The molecule has 0 aromatic heterocycles.